The number of hydrogen-bond donors (Lipinski definition) is 0. The van der Waals surface area contributed by atoms with Crippen LogP contribution in [0.1, 0.15) is 101 Å². The number of rotatable bonds is 18. The van der Waals surface area contributed by atoms with Crippen molar-refractivity contribution in [2.45, 2.75) is 145 Å². The fourth-order valence-electron chi connectivity index (χ4n) is 31.7. The Morgan fingerprint density at radius 1 is 0.396 bits per heavy atom. The number of benzene rings is 4. The molecule has 274 valence electrons. The Hall–Kier alpha value is -1.55. The van der Waals surface area contributed by atoms with Gasteiger partial charge < -0.3 is 0 Å². The molecule has 4 aromatic rings. The zero-order valence-corrected chi connectivity index (χ0v) is 36.1. The van der Waals surface area contributed by atoms with Crippen LogP contribution in [-0.2, 0) is 34.6 Å². The van der Waals surface area contributed by atoms with E-state index >= 15 is 0 Å². The van der Waals surface area contributed by atoms with Gasteiger partial charge in [0, 0.05) is 0 Å². The van der Waals surface area contributed by atoms with Gasteiger partial charge in [0.2, 0.25) is 0 Å². The predicted molar refractivity (Wildman–Crippen MR) is 228 cm³/mol. The summed E-state index contributed by atoms with van der Waals surface area (Å²) < 4.78 is 11.7. The quantitative estimate of drug-likeness (QED) is 0.0698. The zero-order chi connectivity index (χ0) is 35.5. The van der Waals surface area contributed by atoms with Gasteiger partial charge in [-0.05, 0) is 0 Å². The van der Waals surface area contributed by atoms with Crippen molar-refractivity contribution in [3.63, 3.8) is 0 Å². The fourth-order valence-corrected chi connectivity index (χ4v) is 195. The van der Waals surface area contributed by atoms with Gasteiger partial charge in [-0.2, -0.15) is 0 Å². The van der Waals surface area contributed by atoms with Crippen molar-refractivity contribution in [3.8, 4) is 0 Å². The molecule has 10 heterocycles. The van der Waals surface area contributed by atoms with Crippen LogP contribution >= 0.6 is 15.8 Å². The summed E-state index contributed by atoms with van der Waals surface area (Å²) >= 11 is 0. The molecule has 10 aliphatic heterocycles. The molecule has 14 rings (SSSR count). The molecule has 10 aliphatic rings. The van der Waals surface area contributed by atoms with Crippen LogP contribution in [0, 0.1) is 0 Å². The summed E-state index contributed by atoms with van der Waals surface area (Å²) in [6.07, 6.45) is 15.5. The van der Waals surface area contributed by atoms with Crippen molar-refractivity contribution in [3.05, 3.63) is 119 Å². The SMILES string of the molecule is CCCCc1ccccc1P(c1ccccc1CCCC)[C]12[CH]3[CH]4[CH]5[C]1(P(c1ccccc1CCCC)c1ccccc1CCCC)[Ti]43521678[CH]2[CH]1[CH]6[CH]7[CH]28. The van der Waals surface area contributed by atoms with Gasteiger partial charge in [0.05, 0.1) is 0 Å². The zero-order valence-electron chi connectivity index (χ0n) is 32.7. The third kappa shape index (κ3) is 1.21. The van der Waals surface area contributed by atoms with Crippen LogP contribution in [0.15, 0.2) is 97.1 Å². The summed E-state index contributed by atoms with van der Waals surface area (Å²) in [5.74, 6) is 0. The normalized spacial score (nSPS) is 47.7. The maximum absolute atomic E-state index is 4.64. The molecule has 0 radical (unpaired) electrons. The van der Waals surface area contributed by atoms with E-state index in [1.54, 1.807) is 22.3 Å². The Bertz CT molecular complexity index is 2330. The minimum atomic E-state index is -4.64. The second kappa shape index (κ2) is 6.53. The van der Waals surface area contributed by atoms with Crippen LogP contribution in [0.4, 0.5) is 0 Å². The Morgan fingerprint density at radius 3 is 0.887 bits per heavy atom. The first-order valence-electron chi connectivity index (χ1n) is 22.9. The Labute approximate surface area is 308 Å². The Kier molecular flexibility index (Phi) is 3.89. The molecule has 3 heteroatoms. The molecule has 4 atom stereocenters. The molecular formula is C50H60P2Ti. The van der Waals surface area contributed by atoms with E-state index in [1.165, 1.54) is 111 Å². The molecule has 0 aliphatic carbocycles. The molecule has 0 aromatic heterocycles. The van der Waals surface area contributed by atoms with Crippen LogP contribution in [0.3, 0.4) is 0 Å². The first-order valence-corrected chi connectivity index (χ1v) is 34.3. The van der Waals surface area contributed by atoms with Crippen LogP contribution in [-0.4, -0.2) is 6.92 Å². The standard InChI is InChI=1S/C45H55P2.C5H5.Ti/c1-5-9-22-36-26-13-17-30-40(36)46(41-31-18-14-27-37(41)23-10-6-2)44-34-21-35-45(44)47(42-32-19-15-28-38(42)24-11-7-3)43-33-20-16-29-39(43)25-12-8-4;1-2-4-5-3-1;/h13-21,26-35H,5-12,22-25H2,1-4H3;1-5H;. The second-order valence-corrected chi connectivity index (χ2v) is 63.2. The summed E-state index contributed by atoms with van der Waals surface area (Å²) in [6.45, 7) is 9.63. The minimum absolute atomic E-state index is 0.419. The Balaban J connectivity index is 1.08. The molecule has 10 fully saturated rings. The Morgan fingerprint density at radius 2 is 0.660 bits per heavy atom. The molecule has 0 amide bonds. The molecule has 0 nitrogen and oxygen atoms in total. The van der Waals surface area contributed by atoms with E-state index in [0.717, 1.165) is 0 Å². The third-order valence-electron chi connectivity index (χ3n) is 29.1. The number of fused-ring (bicyclic) bond motifs is 10. The number of unbranched alkanes of at least 4 members (excludes halogenated alkanes) is 4. The third-order valence-corrected chi connectivity index (χ3v) is 108. The maximum atomic E-state index is 2.74. The first kappa shape index (κ1) is 31.5. The van der Waals surface area contributed by atoms with E-state index in [-0.39, 0.29) is 0 Å². The van der Waals surface area contributed by atoms with E-state index in [9.17, 15) is 0 Å². The topological polar surface area (TPSA) is 0 Å². The molecule has 53 heavy (non-hydrogen) atoms. The number of hydrogen-bond acceptors (Lipinski definition) is 0. The summed E-state index contributed by atoms with van der Waals surface area (Å²) in [4.78, 5) is 0. The molecule has 0 bridgehead atoms. The summed E-state index contributed by atoms with van der Waals surface area (Å²) in [5, 5.41) is 7.53. The summed E-state index contributed by atoms with van der Waals surface area (Å²) in [7, 11) is -5.48. The van der Waals surface area contributed by atoms with Crippen molar-refractivity contribution in [2.75, 3.05) is 0 Å². The van der Waals surface area contributed by atoms with Gasteiger partial charge in [0.25, 0.3) is 0 Å². The van der Waals surface area contributed by atoms with E-state index < -0.39 is 24.7 Å². The van der Waals surface area contributed by atoms with E-state index in [1.807, 2.05) is 21.2 Å². The van der Waals surface area contributed by atoms with Crippen molar-refractivity contribution >= 4 is 37.1 Å². The van der Waals surface area contributed by atoms with Gasteiger partial charge in [-0.3, -0.25) is 0 Å². The van der Waals surface area contributed by atoms with Gasteiger partial charge in [-0.15, -0.1) is 0 Å². The van der Waals surface area contributed by atoms with Crippen molar-refractivity contribution in [1.29, 1.82) is 0 Å². The predicted octanol–water partition coefficient (Wildman–Crippen LogP) is 12.8. The molecule has 4 unspecified atom stereocenters. The van der Waals surface area contributed by atoms with Crippen molar-refractivity contribution in [1.82, 2.24) is 0 Å². The molecule has 0 N–H and O–H groups in total. The molecule has 0 saturated carbocycles. The molecular weight excluding hydrogens is 710 g/mol. The molecule has 4 aromatic carbocycles. The van der Waals surface area contributed by atoms with Crippen molar-refractivity contribution in [2.24, 2.45) is 0 Å². The van der Waals surface area contributed by atoms with E-state index in [2.05, 4.69) is 125 Å². The van der Waals surface area contributed by atoms with Crippen LogP contribution in [0.25, 0.3) is 0 Å². The fraction of sp³-hybridized carbons (Fsp3) is 0.520. The van der Waals surface area contributed by atoms with Crippen molar-refractivity contribution < 1.29 is 8.89 Å². The summed E-state index contributed by atoms with van der Waals surface area (Å²) in [5.41, 5.74) is 6.99. The monoisotopic (exact) mass is 770 g/mol. The molecule has 10 saturated heterocycles. The molecule has 1 spiro atoms. The summed E-state index contributed by atoms with van der Waals surface area (Å²) in [6, 6.07) is 41.0. The van der Waals surface area contributed by atoms with Crippen LogP contribution in [0.2, 0.25) is 33.8 Å². The average molecular weight is 771 g/mol. The van der Waals surface area contributed by atoms with Crippen LogP contribution < -0.4 is 21.2 Å². The van der Waals surface area contributed by atoms with Gasteiger partial charge in [-0.1, -0.05) is 0 Å². The average Bonchev–Trinajstić information content (AvgIpc) is 4.16. The van der Waals surface area contributed by atoms with E-state index in [0.29, 0.717) is 6.92 Å². The van der Waals surface area contributed by atoms with Gasteiger partial charge >= 0.3 is 311 Å². The van der Waals surface area contributed by atoms with E-state index in [4.69, 9.17) is 0 Å². The number of aryl methyl sites for hydroxylation is 4. The first-order chi connectivity index (χ1) is 25.9. The van der Waals surface area contributed by atoms with Gasteiger partial charge in [-0.25, -0.2) is 0 Å². The van der Waals surface area contributed by atoms with Crippen LogP contribution in [0.5, 0.6) is 0 Å². The van der Waals surface area contributed by atoms with Gasteiger partial charge in [0.1, 0.15) is 0 Å². The van der Waals surface area contributed by atoms with Gasteiger partial charge in [0.15, 0.2) is 0 Å². The second-order valence-electron chi connectivity index (χ2n) is 24.3.